The maximum atomic E-state index is 12.0. The van der Waals surface area contributed by atoms with Gasteiger partial charge in [-0.3, -0.25) is 4.79 Å². The molecule has 1 amide bonds. The first-order chi connectivity index (χ1) is 12.5. The second-order valence-corrected chi connectivity index (χ2v) is 6.29. The molecule has 7 nitrogen and oxygen atoms in total. The number of aromatic nitrogens is 1. The number of nitrogens with two attached hydrogens (primary N) is 1. The highest BCUT2D eigenvalue weighted by Crippen LogP contribution is 2.25. The Balaban J connectivity index is 1.76. The highest BCUT2D eigenvalue weighted by atomic mass is 16.5. The van der Waals surface area contributed by atoms with Crippen molar-refractivity contribution in [3.8, 4) is 11.8 Å². The summed E-state index contributed by atoms with van der Waals surface area (Å²) in [6.45, 7) is 0. The summed E-state index contributed by atoms with van der Waals surface area (Å²) in [5, 5.41) is 12.1. The molecular weight excluding hydrogens is 332 g/mol. The molecule has 1 heterocycles. The van der Waals surface area contributed by atoms with Crippen LogP contribution in [-0.4, -0.2) is 29.6 Å². The lowest BCUT2D eigenvalue weighted by atomic mass is 10.1. The van der Waals surface area contributed by atoms with E-state index >= 15 is 0 Å². The zero-order chi connectivity index (χ0) is 18.7. The van der Waals surface area contributed by atoms with Crippen LogP contribution >= 0.6 is 0 Å². The van der Waals surface area contributed by atoms with Crippen LogP contribution in [0.3, 0.4) is 0 Å². The molecule has 1 aromatic carbocycles. The highest BCUT2D eigenvalue weighted by Gasteiger charge is 2.23. The zero-order valence-electron chi connectivity index (χ0n) is 14.5. The van der Waals surface area contributed by atoms with Crippen LogP contribution in [0.25, 0.3) is 5.69 Å². The molecular formula is C19H20N4O3. The summed E-state index contributed by atoms with van der Waals surface area (Å²) in [4.78, 5) is 23.8. The number of carbonyl (C=O) groups is 2. The van der Waals surface area contributed by atoms with E-state index in [1.807, 2.05) is 30.3 Å². The number of benzene rings is 1. The third-order valence-corrected chi connectivity index (χ3v) is 4.34. The van der Waals surface area contributed by atoms with Crippen molar-refractivity contribution in [1.82, 2.24) is 9.88 Å². The Kier molecular flexibility index (Phi) is 4.94. The van der Waals surface area contributed by atoms with Crippen LogP contribution in [0, 0.1) is 11.3 Å². The molecule has 26 heavy (non-hydrogen) atoms. The number of nitriles is 1. The van der Waals surface area contributed by atoms with Crippen LogP contribution in [0.1, 0.15) is 40.9 Å². The SMILES string of the molecule is COC(=O)c1c(N)c(C#N)cn1-c1ccc(CCC(=O)NC2CC2)cc1. The van der Waals surface area contributed by atoms with Crippen molar-refractivity contribution in [3.63, 3.8) is 0 Å². The summed E-state index contributed by atoms with van der Waals surface area (Å²) in [5.41, 5.74) is 8.03. The minimum absolute atomic E-state index is 0.0707. The van der Waals surface area contributed by atoms with Crippen molar-refractivity contribution >= 4 is 17.6 Å². The van der Waals surface area contributed by atoms with Gasteiger partial charge in [0.2, 0.25) is 5.91 Å². The predicted molar refractivity (Wildman–Crippen MR) is 95.7 cm³/mol. The van der Waals surface area contributed by atoms with Crippen molar-refractivity contribution in [2.75, 3.05) is 12.8 Å². The zero-order valence-corrected chi connectivity index (χ0v) is 14.5. The molecule has 1 saturated carbocycles. The van der Waals surface area contributed by atoms with Gasteiger partial charge in [0.1, 0.15) is 6.07 Å². The van der Waals surface area contributed by atoms with Gasteiger partial charge in [-0.1, -0.05) is 12.1 Å². The molecule has 0 spiro atoms. The Bertz CT molecular complexity index is 873. The van der Waals surface area contributed by atoms with Gasteiger partial charge in [0.05, 0.1) is 18.4 Å². The first kappa shape index (κ1) is 17.5. The number of ether oxygens (including phenoxy) is 1. The Hall–Kier alpha value is -3.27. The second kappa shape index (κ2) is 7.31. The molecule has 134 valence electrons. The third kappa shape index (κ3) is 3.70. The number of carbonyl (C=O) groups excluding carboxylic acids is 2. The number of hydrogen-bond acceptors (Lipinski definition) is 5. The number of anilines is 1. The molecule has 3 rings (SSSR count). The van der Waals surface area contributed by atoms with Gasteiger partial charge < -0.3 is 20.4 Å². The quantitative estimate of drug-likeness (QED) is 0.772. The van der Waals surface area contributed by atoms with Crippen molar-refractivity contribution in [1.29, 1.82) is 5.26 Å². The normalized spacial score (nSPS) is 13.1. The molecule has 0 bridgehead atoms. The molecule has 1 aromatic heterocycles. The van der Waals surface area contributed by atoms with E-state index in [1.54, 1.807) is 4.57 Å². The molecule has 7 heteroatoms. The third-order valence-electron chi connectivity index (χ3n) is 4.34. The molecule has 2 aromatic rings. The Morgan fingerprint density at radius 3 is 2.62 bits per heavy atom. The average Bonchev–Trinajstić information content (AvgIpc) is 3.40. The first-order valence-electron chi connectivity index (χ1n) is 8.41. The summed E-state index contributed by atoms with van der Waals surface area (Å²) >= 11 is 0. The maximum Gasteiger partial charge on any atom is 0.357 e. The Morgan fingerprint density at radius 2 is 2.04 bits per heavy atom. The van der Waals surface area contributed by atoms with Crippen LogP contribution < -0.4 is 11.1 Å². The van der Waals surface area contributed by atoms with Gasteiger partial charge >= 0.3 is 5.97 Å². The van der Waals surface area contributed by atoms with Gasteiger partial charge in [0.25, 0.3) is 0 Å². The molecule has 0 saturated heterocycles. The van der Waals surface area contributed by atoms with Gasteiger partial charge in [-0.2, -0.15) is 5.26 Å². The average molecular weight is 352 g/mol. The number of rotatable bonds is 6. The van der Waals surface area contributed by atoms with Crippen LogP contribution in [0.15, 0.2) is 30.5 Å². The van der Waals surface area contributed by atoms with Gasteiger partial charge in [0, 0.05) is 24.3 Å². The van der Waals surface area contributed by atoms with Crippen molar-refractivity contribution in [2.24, 2.45) is 0 Å². The summed E-state index contributed by atoms with van der Waals surface area (Å²) in [6.07, 6.45) is 4.75. The maximum absolute atomic E-state index is 12.0. The van der Waals surface area contributed by atoms with E-state index in [9.17, 15) is 9.59 Å². The fourth-order valence-electron chi connectivity index (χ4n) is 2.73. The van der Waals surface area contributed by atoms with E-state index in [0.29, 0.717) is 24.6 Å². The molecule has 0 aliphatic heterocycles. The van der Waals surface area contributed by atoms with E-state index in [-0.39, 0.29) is 22.9 Å². The molecule has 1 aliphatic carbocycles. The molecule has 1 fully saturated rings. The molecule has 3 N–H and O–H groups in total. The molecule has 0 atom stereocenters. The lowest BCUT2D eigenvalue weighted by Gasteiger charge is -2.09. The summed E-state index contributed by atoms with van der Waals surface area (Å²) in [6, 6.07) is 9.77. The topological polar surface area (TPSA) is 110 Å². The number of amides is 1. The number of nitrogens with zero attached hydrogens (tertiary/aromatic N) is 2. The first-order valence-corrected chi connectivity index (χ1v) is 8.41. The minimum Gasteiger partial charge on any atom is -0.464 e. The minimum atomic E-state index is -0.607. The van der Waals surface area contributed by atoms with Gasteiger partial charge in [-0.25, -0.2) is 4.79 Å². The van der Waals surface area contributed by atoms with E-state index < -0.39 is 5.97 Å². The van der Waals surface area contributed by atoms with Crippen molar-refractivity contribution in [3.05, 3.63) is 47.3 Å². The number of methoxy groups -OCH3 is 1. The molecule has 1 aliphatic rings. The number of nitrogens with one attached hydrogen (secondary N) is 1. The summed E-state index contributed by atoms with van der Waals surface area (Å²) in [5.74, 6) is -0.536. The van der Waals surface area contributed by atoms with Crippen molar-refractivity contribution in [2.45, 2.75) is 31.7 Å². The van der Waals surface area contributed by atoms with Crippen LogP contribution in [0.5, 0.6) is 0 Å². The van der Waals surface area contributed by atoms with E-state index in [0.717, 1.165) is 18.4 Å². The van der Waals surface area contributed by atoms with E-state index in [4.69, 9.17) is 15.7 Å². The largest absolute Gasteiger partial charge is 0.464 e. The highest BCUT2D eigenvalue weighted by molar-refractivity contribution is 5.95. The smallest absolute Gasteiger partial charge is 0.357 e. The van der Waals surface area contributed by atoms with E-state index in [2.05, 4.69) is 5.32 Å². The summed E-state index contributed by atoms with van der Waals surface area (Å²) < 4.78 is 6.31. The molecule has 0 radical (unpaired) electrons. The van der Waals surface area contributed by atoms with Crippen LogP contribution in [-0.2, 0) is 16.0 Å². The van der Waals surface area contributed by atoms with Gasteiger partial charge in [-0.15, -0.1) is 0 Å². The fraction of sp³-hybridized carbons (Fsp3) is 0.316. The fourth-order valence-corrected chi connectivity index (χ4v) is 2.73. The van der Waals surface area contributed by atoms with Gasteiger partial charge in [-0.05, 0) is 37.0 Å². The standard InChI is InChI=1S/C19H20N4O3/c1-26-19(25)18-17(21)13(10-20)11-23(18)15-7-2-12(3-8-15)4-9-16(24)22-14-5-6-14/h2-3,7-8,11,14H,4-6,9,21H2,1H3,(H,22,24). The van der Waals surface area contributed by atoms with Crippen LogP contribution in [0.4, 0.5) is 5.69 Å². The lowest BCUT2D eigenvalue weighted by molar-refractivity contribution is -0.121. The Morgan fingerprint density at radius 1 is 1.35 bits per heavy atom. The van der Waals surface area contributed by atoms with E-state index in [1.165, 1.54) is 13.3 Å². The second-order valence-electron chi connectivity index (χ2n) is 6.29. The Labute approximate surface area is 151 Å². The number of nitrogen functional groups attached to an aromatic ring is 1. The predicted octanol–water partition coefficient (Wildman–Crippen LogP) is 1.93. The lowest BCUT2D eigenvalue weighted by Crippen LogP contribution is -2.25. The summed E-state index contributed by atoms with van der Waals surface area (Å²) in [7, 11) is 1.26. The van der Waals surface area contributed by atoms with Crippen LogP contribution in [0.2, 0.25) is 0 Å². The molecule has 0 unspecified atom stereocenters. The number of hydrogen-bond donors (Lipinski definition) is 2. The van der Waals surface area contributed by atoms with Crippen molar-refractivity contribution < 1.29 is 14.3 Å². The number of aryl methyl sites for hydroxylation is 1. The number of esters is 1. The monoisotopic (exact) mass is 352 g/mol. The van der Waals surface area contributed by atoms with Gasteiger partial charge in [0.15, 0.2) is 5.69 Å².